The molecule has 162 valence electrons. The Bertz CT molecular complexity index is 876. The zero-order chi connectivity index (χ0) is 22.1. The molecule has 0 heterocycles. The van der Waals surface area contributed by atoms with E-state index >= 15 is 0 Å². The molecule has 2 aromatic rings. The van der Waals surface area contributed by atoms with E-state index in [1.165, 1.54) is 14.2 Å². The van der Waals surface area contributed by atoms with Crippen molar-refractivity contribution in [2.75, 3.05) is 20.8 Å². The molecule has 0 radical (unpaired) electrons. The molecule has 0 aliphatic carbocycles. The maximum Gasteiger partial charge on any atom is 0.360 e. The van der Waals surface area contributed by atoms with Crippen LogP contribution in [0.5, 0.6) is 11.5 Å². The minimum absolute atomic E-state index is 0.0455. The first-order chi connectivity index (χ1) is 14.4. The van der Waals surface area contributed by atoms with Gasteiger partial charge in [-0.3, -0.25) is 0 Å². The van der Waals surface area contributed by atoms with Crippen molar-refractivity contribution < 1.29 is 23.8 Å². The summed E-state index contributed by atoms with van der Waals surface area (Å²) in [5.41, 5.74) is 1.30. The molecular weight excluding hydrogens is 429 g/mol. The van der Waals surface area contributed by atoms with Crippen LogP contribution in [0.15, 0.2) is 41.6 Å². The number of nitrogens with zero attached hydrogens (tertiary/aromatic N) is 1. The lowest BCUT2D eigenvalue weighted by Crippen LogP contribution is -2.19. The monoisotopic (exact) mass is 453 g/mol. The Morgan fingerprint density at radius 3 is 2.33 bits per heavy atom. The van der Waals surface area contributed by atoms with Crippen LogP contribution in [0, 0.1) is 5.92 Å². The standard InChI is InChI=1S/C22H25Cl2NO5/c1-14(2)9-10-29-21-18(23)11-16(12-19(21)24)30-13-15-7-5-6-8-17(15)20(25-28-4)22(26)27-3/h5-8,11-12,14H,9-10,13H2,1-4H3/b25-20+. The van der Waals surface area contributed by atoms with Gasteiger partial charge >= 0.3 is 5.97 Å². The van der Waals surface area contributed by atoms with Crippen LogP contribution in [0.3, 0.4) is 0 Å². The van der Waals surface area contributed by atoms with E-state index < -0.39 is 5.97 Å². The average Bonchev–Trinajstić information content (AvgIpc) is 2.72. The molecule has 0 aliphatic heterocycles. The number of carbonyl (C=O) groups is 1. The Morgan fingerprint density at radius 2 is 1.73 bits per heavy atom. The molecule has 0 atom stereocenters. The molecule has 0 amide bonds. The number of carbonyl (C=O) groups excluding carboxylic acids is 1. The van der Waals surface area contributed by atoms with E-state index in [0.717, 1.165) is 6.42 Å². The SMILES string of the molecule is CO/N=C(/C(=O)OC)c1ccccc1COc1cc(Cl)c(OCCC(C)C)c(Cl)c1. The Labute approximate surface area is 186 Å². The number of hydrogen-bond acceptors (Lipinski definition) is 6. The summed E-state index contributed by atoms with van der Waals surface area (Å²) >= 11 is 12.7. The van der Waals surface area contributed by atoms with Gasteiger partial charge in [0.05, 0.1) is 23.8 Å². The van der Waals surface area contributed by atoms with Crippen molar-refractivity contribution in [1.29, 1.82) is 0 Å². The van der Waals surface area contributed by atoms with E-state index in [1.54, 1.807) is 24.3 Å². The maximum atomic E-state index is 12.1. The van der Waals surface area contributed by atoms with Crippen molar-refractivity contribution >= 4 is 34.9 Å². The topological polar surface area (TPSA) is 66.4 Å². The summed E-state index contributed by atoms with van der Waals surface area (Å²) in [7, 11) is 2.64. The lowest BCUT2D eigenvalue weighted by atomic mass is 10.0. The predicted octanol–water partition coefficient (Wildman–Crippen LogP) is 5.52. The Balaban J connectivity index is 2.18. The van der Waals surface area contributed by atoms with E-state index in [4.69, 9.17) is 42.3 Å². The van der Waals surface area contributed by atoms with E-state index in [0.29, 0.717) is 45.2 Å². The summed E-state index contributed by atoms with van der Waals surface area (Å²) in [6.07, 6.45) is 0.896. The fourth-order valence-electron chi connectivity index (χ4n) is 2.58. The number of methoxy groups -OCH3 is 1. The predicted molar refractivity (Wildman–Crippen MR) is 118 cm³/mol. The first kappa shape index (κ1) is 23.8. The Morgan fingerprint density at radius 1 is 1.07 bits per heavy atom. The van der Waals surface area contributed by atoms with Gasteiger partial charge in [-0.2, -0.15) is 0 Å². The minimum atomic E-state index is -0.613. The van der Waals surface area contributed by atoms with Gasteiger partial charge in [0.15, 0.2) is 11.5 Å². The molecular formula is C22H25Cl2NO5. The fraction of sp³-hybridized carbons (Fsp3) is 0.364. The van der Waals surface area contributed by atoms with Gasteiger partial charge in [0.2, 0.25) is 0 Å². The van der Waals surface area contributed by atoms with Crippen molar-refractivity contribution in [1.82, 2.24) is 0 Å². The van der Waals surface area contributed by atoms with Crippen LogP contribution < -0.4 is 9.47 Å². The number of esters is 1. The van der Waals surface area contributed by atoms with Crippen LogP contribution in [0.25, 0.3) is 0 Å². The molecule has 0 fully saturated rings. The van der Waals surface area contributed by atoms with E-state index in [9.17, 15) is 4.79 Å². The van der Waals surface area contributed by atoms with Crippen molar-refractivity contribution in [2.24, 2.45) is 11.1 Å². The zero-order valence-corrected chi connectivity index (χ0v) is 18.9. The van der Waals surface area contributed by atoms with Crippen molar-refractivity contribution in [2.45, 2.75) is 26.9 Å². The zero-order valence-electron chi connectivity index (χ0n) is 17.4. The third-order valence-corrected chi connectivity index (χ3v) is 4.70. The fourth-order valence-corrected chi connectivity index (χ4v) is 3.15. The maximum absolute atomic E-state index is 12.1. The quantitative estimate of drug-likeness (QED) is 0.269. The molecule has 0 saturated heterocycles. The van der Waals surface area contributed by atoms with Crippen LogP contribution in [0.4, 0.5) is 0 Å². The number of benzene rings is 2. The van der Waals surface area contributed by atoms with Gasteiger partial charge in [-0.1, -0.05) is 66.5 Å². The third kappa shape index (κ3) is 6.54. The van der Waals surface area contributed by atoms with Crippen LogP contribution in [-0.2, 0) is 21.0 Å². The number of oxime groups is 1. The van der Waals surface area contributed by atoms with Crippen molar-refractivity contribution in [3.8, 4) is 11.5 Å². The molecule has 8 heteroatoms. The summed E-state index contributed by atoms with van der Waals surface area (Å²) in [4.78, 5) is 16.8. The summed E-state index contributed by atoms with van der Waals surface area (Å²) in [6.45, 7) is 4.91. The van der Waals surface area contributed by atoms with Crippen LogP contribution in [-0.4, -0.2) is 32.5 Å². The molecule has 0 N–H and O–H groups in total. The number of halogens is 2. The molecule has 6 nitrogen and oxygen atoms in total. The van der Waals surface area contributed by atoms with Gasteiger partial charge in [-0.15, -0.1) is 0 Å². The van der Waals surface area contributed by atoms with Crippen molar-refractivity contribution in [3.05, 3.63) is 57.6 Å². The van der Waals surface area contributed by atoms with Crippen LogP contribution in [0.1, 0.15) is 31.4 Å². The Hall–Kier alpha value is -2.44. The largest absolute Gasteiger partial charge is 0.490 e. The number of hydrogen-bond donors (Lipinski definition) is 0. The molecule has 0 aromatic heterocycles. The van der Waals surface area contributed by atoms with Gasteiger partial charge in [-0.25, -0.2) is 4.79 Å². The molecule has 30 heavy (non-hydrogen) atoms. The van der Waals surface area contributed by atoms with E-state index in [1.807, 2.05) is 12.1 Å². The molecule has 0 aliphatic rings. The highest BCUT2D eigenvalue weighted by Crippen LogP contribution is 2.37. The van der Waals surface area contributed by atoms with E-state index in [2.05, 4.69) is 19.0 Å². The normalized spacial score (nSPS) is 11.4. The van der Waals surface area contributed by atoms with Gasteiger partial charge in [-0.05, 0) is 17.9 Å². The second-order valence-electron chi connectivity index (χ2n) is 6.81. The van der Waals surface area contributed by atoms with Gasteiger partial charge in [0.1, 0.15) is 19.5 Å². The lowest BCUT2D eigenvalue weighted by Gasteiger charge is -2.15. The summed E-state index contributed by atoms with van der Waals surface area (Å²) in [5.74, 6) is 0.811. The molecule has 0 saturated carbocycles. The van der Waals surface area contributed by atoms with Gasteiger partial charge < -0.3 is 19.0 Å². The molecule has 0 bridgehead atoms. The highest BCUT2D eigenvalue weighted by Gasteiger charge is 2.19. The summed E-state index contributed by atoms with van der Waals surface area (Å²) in [6, 6.07) is 10.4. The second kappa shape index (κ2) is 11.7. The lowest BCUT2D eigenvalue weighted by molar-refractivity contribution is -0.132. The first-order valence-corrected chi connectivity index (χ1v) is 10.1. The number of rotatable bonds is 10. The molecule has 0 spiro atoms. The molecule has 2 rings (SSSR count). The second-order valence-corrected chi connectivity index (χ2v) is 7.62. The molecule has 2 aromatic carbocycles. The highest BCUT2D eigenvalue weighted by atomic mass is 35.5. The number of ether oxygens (including phenoxy) is 3. The van der Waals surface area contributed by atoms with Crippen LogP contribution >= 0.6 is 23.2 Å². The highest BCUT2D eigenvalue weighted by molar-refractivity contribution is 6.43. The average molecular weight is 454 g/mol. The summed E-state index contributed by atoms with van der Waals surface area (Å²) in [5, 5.41) is 4.52. The first-order valence-electron chi connectivity index (χ1n) is 9.39. The Kier molecular flexibility index (Phi) is 9.27. The van der Waals surface area contributed by atoms with Gasteiger partial charge in [0.25, 0.3) is 0 Å². The molecule has 0 unspecified atom stereocenters. The minimum Gasteiger partial charge on any atom is -0.490 e. The smallest absolute Gasteiger partial charge is 0.360 e. The van der Waals surface area contributed by atoms with Crippen LogP contribution in [0.2, 0.25) is 10.0 Å². The van der Waals surface area contributed by atoms with Gasteiger partial charge in [0, 0.05) is 17.7 Å². The van der Waals surface area contributed by atoms with Crippen molar-refractivity contribution in [3.63, 3.8) is 0 Å². The van der Waals surface area contributed by atoms with E-state index in [-0.39, 0.29) is 12.3 Å². The summed E-state index contributed by atoms with van der Waals surface area (Å²) < 4.78 is 16.4. The third-order valence-electron chi connectivity index (χ3n) is 4.14.